The summed E-state index contributed by atoms with van der Waals surface area (Å²) in [5.74, 6) is 3.76. The molecule has 2 aliphatic heterocycles. The van der Waals surface area contributed by atoms with Crippen molar-refractivity contribution in [2.75, 3.05) is 31.1 Å². The molecule has 1 aliphatic carbocycles. The SMILES string of the molecule is O=C(C1CC=CCC1)N1CCC(CSC2=NCCS2)CC1. The summed E-state index contributed by atoms with van der Waals surface area (Å²) in [6.07, 6.45) is 9.78. The number of rotatable bonds is 3. The number of carbonyl (C=O) groups excluding carboxylic acids is 1. The third-order valence-corrected chi connectivity index (χ3v) is 7.03. The van der Waals surface area contributed by atoms with Crippen molar-refractivity contribution < 1.29 is 4.79 Å². The minimum Gasteiger partial charge on any atom is -0.342 e. The molecule has 2 heterocycles. The molecule has 3 nitrogen and oxygen atoms in total. The Labute approximate surface area is 136 Å². The van der Waals surface area contributed by atoms with Crippen molar-refractivity contribution in [2.45, 2.75) is 32.1 Å². The molecule has 5 heteroatoms. The van der Waals surface area contributed by atoms with Gasteiger partial charge >= 0.3 is 0 Å². The molecular formula is C16H24N2OS2. The number of hydrogen-bond acceptors (Lipinski definition) is 4. The van der Waals surface area contributed by atoms with E-state index in [4.69, 9.17) is 0 Å². The van der Waals surface area contributed by atoms with E-state index in [0.29, 0.717) is 5.91 Å². The number of amides is 1. The second-order valence-electron chi connectivity index (χ2n) is 6.06. The Morgan fingerprint density at radius 1 is 1.33 bits per heavy atom. The maximum atomic E-state index is 12.5. The molecule has 0 aromatic rings. The Hall–Kier alpha value is -0.420. The van der Waals surface area contributed by atoms with Gasteiger partial charge in [-0.25, -0.2) is 0 Å². The smallest absolute Gasteiger partial charge is 0.226 e. The predicted molar refractivity (Wildman–Crippen MR) is 93.0 cm³/mol. The molecule has 3 aliphatic rings. The Morgan fingerprint density at radius 2 is 2.19 bits per heavy atom. The van der Waals surface area contributed by atoms with Crippen LogP contribution in [0.5, 0.6) is 0 Å². The van der Waals surface area contributed by atoms with Gasteiger partial charge in [-0.2, -0.15) is 0 Å². The lowest BCUT2D eigenvalue weighted by Crippen LogP contribution is -2.42. The van der Waals surface area contributed by atoms with Crippen LogP contribution in [0, 0.1) is 11.8 Å². The molecule has 0 bridgehead atoms. The van der Waals surface area contributed by atoms with Gasteiger partial charge in [0.1, 0.15) is 4.38 Å². The predicted octanol–water partition coefficient (Wildman–Crippen LogP) is 3.42. The van der Waals surface area contributed by atoms with Gasteiger partial charge in [-0.1, -0.05) is 35.7 Å². The van der Waals surface area contributed by atoms with E-state index >= 15 is 0 Å². The first kappa shape index (κ1) is 15.5. The van der Waals surface area contributed by atoms with Gasteiger partial charge in [-0.05, 0) is 38.0 Å². The van der Waals surface area contributed by atoms with E-state index < -0.39 is 0 Å². The summed E-state index contributed by atoms with van der Waals surface area (Å²) in [5.41, 5.74) is 0. The van der Waals surface area contributed by atoms with Crippen LogP contribution in [0.4, 0.5) is 0 Å². The van der Waals surface area contributed by atoms with E-state index in [1.54, 1.807) is 0 Å². The van der Waals surface area contributed by atoms with Gasteiger partial charge in [-0.3, -0.25) is 9.79 Å². The molecule has 0 saturated carbocycles. The fourth-order valence-electron chi connectivity index (χ4n) is 3.19. The molecule has 1 fully saturated rings. The molecule has 0 spiro atoms. The monoisotopic (exact) mass is 324 g/mol. The molecule has 116 valence electrons. The molecule has 0 N–H and O–H groups in total. The highest BCUT2D eigenvalue weighted by molar-refractivity contribution is 8.39. The van der Waals surface area contributed by atoms with Crippen molar-refractivity contribution in [2.24, 2.45) is 16.8 Å². The van der Waals surface area contributed by atoms with E-state index in [1.807, 2.05) is 23.5 Å². The summed E-state index contributed by atoms with van der Waals surface area (Å²) in [6.45, 7) is 2.92. The summed E-state index contributed by atoms with van der Waals surface area (Å²) < 4.78 is 1.28. The van der Waals surface area contributed by atoms with Crippen LogP contribution >= 0.6 is 23.5 Å². The molecule has 1 unspecified atom stereocenters. The van der Waals surface area contributed by atoms with Crippen LogP contribution in [0.1, 0.15) is 32.1 Å². The summed E-state index contributed by atoms with van der Waals surface area (Å²) >= 11 is 3.83. The number of piperidine rings is 1. The lowest BCUT2D eigenvalue weighted by atomic mass is 9.91. The first-order valence-electron chi connectivity index (χ1n) is 8.07. The summed E-state index contributed by atoms with van der Waals surface area (Å²) in [7, 11) is 0. The number of carbonyl (C=O) groups is 1. The van der Waals surface area contributed by atoms with Gasteiger partial charge in [0.25, 0.3) is 0 Å². The lowest BCUT2D eigenvalue weighted by Gasteiger charge is -2.34. The highest BCUT2D eigenvalue weighted by atomic mass is 32.2. The van der Waals surface area contributed by atoms with Gasteiger partial charge in [0.05, 0.1) is 6.54 Å². The van der Waals surface area contributed by atoms with Gasteiger partial charge in [-0.15, -0.1) is 0 Å². The fraction of sp³-hybridized carbons (Fsp3) is 0.750. The second kappa shape index (κ2) is 7.73. The van der Waals surface area contributed by atoms with Gasteiger partial charge in [0.15, 0.2) is 0 Å². The van der Waals surface area contributed by atoms with Crippen LogP contribution in [0.25, 0.3) is 0 Å². The van der Waals surface area contributed by atoms with Gasteiger partial charge in [0.2, 0.25) is 5.91 Å². The fourth-order valence-corrected chi connectivity index (χ4v) is 5.41. The zero-order valence-corrected chi connectivity index (χ0v) is 14.1. The molecule has 1 amide bonds. The Bertz CT molecular complexity index is 428. The molecular weight excluding hydrogens is 300 g/mol. The molecule has 21 heavy (non-hydrogen) atoms. The second-order valence-corrected chi connectivity index (χ2v) is 8.41. The summed E-state index contributed by atoms with van der Waals surface area (Å²) in [6, 6.07) is 0. The van der Waals surface area contributed by atoms with E-state index in [1.165, 1.54) is 23.0 Å². The lowest BCUT2D eigenvalue weighted by molar-refractivity contribution is -0.137. The minimum absolute atomic E-state index is 0.255. The Morgan fingerprint density at radius 3 is 2.86 bits per heavy atom. The van der Waals surface area contributed by atoms with E-state index in [0.717, 1.165) is 50.6 Å². The third-order valence-electron chi connectivity index (χ3n) is 4.54. The van der Waals surface area contributed by atoms with E-state index in [2.05, 4.69) is 22.0 Å². The standard InChI is InChI=1S/C16H24N2OS2/c19-15(14-4-2-1-3-5-14)18-9-6-13(7-10-18)12-21-16-17-8-11-20-16/h1-2,13-14H,3-12H2. The number of likely N-dealkylation sites (tertiary alicyclic amines) is 1. The topological polar surface area (TPSA) is 32.7 Å². The average Bonchev–Trinajstić information content (AvgIpc) is 3.07. The summed E-state index contributed by atoms with van der Waals surface area (Å²) in [4.78, 5) is 19.1. The quantitative estimate of drug-likeness (QED) is 0.746. The Balaban J connectivity index is 1.40. The number of thioether (sulfide) groups is 2. The van der Waals surface area contributed by atoms with Crippen LogP contribution in [-0.2, 0) is 4.79 Å². The minimum atomic E-state index is 0.255. The van der Waals surface area contributed by atoms with E-state index in [-0.39, 0.29) is 5.92 Å². The first-order chi connectivity index (χ1) is 10.3. The van der Waals surface area contributed by atoms with Crippen LogP contribution in [-0.4, -0.2) is 46.3 Å². The number of aliphatic imine (C=N–C) groups is 1. The van der Waals surface area contributed by atoms with Crippen molar-refractivity contribution in [3.8, 4) is 0 Å². The molecule has 0 aromatic carbocycles. The van der Waals surface area contributed by atoms with Crippen molar-refractivity contribution in [1.29, 1.82) is 0 Å². The summed E-state index contributed by atoms with van der Waals surface area (Å²) in [5, 5.41) is 0. The highest BCUT2D eigenvalue weighted by Crippen LogP contribution is 2.29. The normalized spacial score (nSPS) is 27.0. The first-order valence-corrected chi connectivity index (χ1v) is 10.0. The molecule has 0 radical (unpaired) electrons. The van der Waals surface area contributed by atoms with Crippen LogP contribution in [0.3, 0.4) is 0 Å². The van der Waals surface area contributed by atoms with Crippen molar-refractivity contribution in [3.63, 3.8) is 0 Å². The third kappa shape index (κ3) is 4.28. The van der Waals surface area contributed by atoms with E-state index in [9.17, 15) is 4.79 Å². The number of hydrogen-bond donors (Lipinski definition) is 0. The Kier molecular flexibility index (Phi) is 5.69. The number of allylic oxidation sites excluding steroid dienone is 2. The number of nitrogens with zero attached hydrogens (tertiary/aromatic N) is 2. The van der Waals surface area contributed by atoms with Crippen molar-refractivity contribution in [3.05, 3.63) is 12.2 Å². The van der Waals surface area contributed by atoms with Gasteiger partial charge < -0.3 is 4.90 Å². The van der Waals surface area contributed by atoms with Crippen LogP contribution in [0.2, 0.25) is 0 Å². The maximum Gasteiger partial charge on any atom is 0.226 e. The molecule has 3 rings (SSSR count). The average molecular weight is 325 g/mol. The van der Waals surface area contributed by atoms with Crippen LogP contribution < -0.4 is 0 Å². The zero-order chi connectivity index (χ0) is 14.5. The molecule has 1 saturated heterocycles. The zero-order valence-electron chi connectivity index (χ0n) is 12.5. The van der Waals surface area contributed by atoms with Crippen molar-refractivity contribution >= 4 is 33.8 Å². The van der Waals surface area contributed by atoms with Crippen molar-refractivity contribution in [1.82, 2.24) is 4.90 Å². The maximum absolute atomic E-state index is 12.5. The van der Waals surface area contributed by atoms with Crippen LogP contribution in [0.15, 0.2) is 17.1 Å². The highest BCUT2D eigenvalue weighted by Gasteiger charge is 2.28. The molecule has 0 aromatic heterocycles. The van der Waals surface area contributed by atoms with Gasteiger partial charge in [0, 0.05) is 30.5 Å². The molecule has 1 atom stereocenters. The largest absolute Gasteiger partial charge is 0.342 e.